The second-order valence-corrected chi connectivity index (χ2v) is 4.57. The molecule has 90 valence electrons. The lowest BCUT2D eigenvalue weighted by atomic mass is 10.3. The smallest absolute Gasteiger partial charge is 0.223 e. The highest BCUT2D eigenvalue weighted by Gasteiger charge is 2.09. The Bertz CT molecular complexity index is 710. The minimum absolute atomic E-state index is 0.170. The van der Waals surface area contributed by atoms with Crippen LogP contribution < -0.4 is 11.1 Å². The predicted octanol–water partition coefficient (Wildman–Crippen LogP) is 3.16. The van der Waals surface area contributed by atoms with Gasteiger partial charge in [-0.05, 0) is 23.6 Å². The van der Waals surface area contributed by atoms with E-state index in [9.17, 15) is 4.39 Å². The monoisotopic (exact) mass is 260 g/mol. The van der Waals surface area contributed by atoms with Gasteiger partial charge in [0, 0.05) is 0 Å². The molecule has 0 amide bonds. The van der Waals surface area contributed by atoms with Gasteiger partial charge >= 0.3 is 0 Å². The summed E-state index contributed by atoms with van der Waals surface area (Å²) in [7, 11) is 0. The number of rotatable bonds is 2. The van der Waals surface area contributed by atoms with Crippen LogP contribution in [0.1, 0.15) is 0 Å². The molecule has 0 atom stereocenters. The number of nitrogens with two attached hydrogens (primary N) is 1. The van der Waals surface area contributed by atoms with Gasteiger partial charge in [0.2, 0.25) is 5.95 Å². The molecule has 1 aromatic carbocycles. The van der Waals surface area contributed by atoms with Crippen molar-refractivity contribution in [1.29, 1.82) is 0 Å². The third-order valence-electron chi connectivity index (χ3n) is 2.47. The van der Waals surface area contributed by atoms with Crippen LogP contribution in [0.4, 0.5) is 21.8 Å². The summed E-state index contributed by atoms with van der Waals surface area (Å²) in [6.07, 6.45) is 0. The maximum atomic E-state index is 13.6. The Morgan fingerprint density at radius 1 is 1.17 bits per heavy atom. The number of nitrogens with one attached hydrogen (secondary N) is 1. The number of nitrogens with zero attached hydrogens (tertiary/aromatic N) is 2. The fourth-order valence-electron chi connectivity index (χ4n) is 1.66. The molecule has 4 nitrogen and oxygen atoms in total. The van der Waals surface area contributed by atoms with Gasteiger partial charge in [-0.25, -0.2) is 9.37 Å². The second-order valence-electron chi connectivity index (χ2n) is 3.67. The van der Waals surface area contributed by atoms with Crippen LogP contribution in [-0.4, -0.2) is 9.97 Å². The minimum atomic E-state index is -0.335. The number of para-hydroxylation sites is 1. The van der Waals surface area contributed by atoms with Gasteiger partial charge in [0.1, 0.15) is 16.5 Å². The van der Waals surface area contributed by atoms with E-state index < -0.39 is 0 Å². The predicted molar refractivity (Wildman–Crippen MR) is 71.5 cm³/mol. The zero-order chi connectivity index (χ0) is 12.5. The number of fused-ring (bicyclic) bond motifs is 1. The van der Waals surface area contributed by atoms with Crippen LogP contribution in [0.5, 0.6) is 0 Å². The molecular formula is C12H9FN4S. The third-order valence-corrected chi connectivity index (χ3v) is 3.28. The SMILES string of the molecule is Nc1nc(Nc2ccccc2F)c2ccsc2n1. The van der Waals surface area contributed by atoms with Gasteiger partial charge in [0.25, 0.3) is 0 Å². The van der Waals surface area contributed by atoms with E-state index in [2.05, 4.69) is 15.3 Å². The molecule has 18 heavy (non-hydrogen) atoms. The molecule has 3 rings (SSSR count). The van der Waals surface area contributed by atoms with Crippen molar-refractivity contribution >= 4 is 39.0 Å². The molecule has 0 saturated carbocycles. The van der Waals surface area contributed by atoms with E-state index in [1.807, 2.05) is 11.4 Å². The van der Waals surface area contributed by atoms with Crippen LogP contribution in [0.25, 0.3) is 10.2 Å². The number of hydrogen-bond acceptors (Lipinski definition) is 5. The standard InChI is InChI=1S/C12H9FN4S/c13-8-3-1-2-4-9(8)15-10-7-5-6-18-11(7)17-12(14)16-10/h1-6H,(H3,14,15,16,17). The summed E-state index contributed by atoms with van der Waals surface area (Å²) in [5.41, 5.74) is 5.99. The summed E-state index contributed by atoms with van der Waals surface area (Å²) in [4.78, 5) is 9.00. The van der Waals surface area contributed by atoms with Gasteiger partial charge in [-0.15, -0.1) is 11.3 Å². The lowest BCUT2D eigenvalue weighted by Crippen LogP contribution is -2.01. The van der Waals surface area contributed by atoms with Crippen LogP contribution >= 0.6 is 11.3 Å². The van der Waals surface area contributed by atoms with Gasteiger partial charge in [0.15, 0.2) is 0 Å². The van der Waals surface area contributed by atoms with Gasteiger partial charge in [0.05, 0.1) is 11.1 Å². The Balaban J connectivity index is 2.10. The normalized spacial score (nSPS) is 10.7. The Morgan fingerprint density at radius 2 is 2.00 bits per heavy atom. The van der Waals surface area contributed by atoms with Crippen molar-refractivity contribution in [3.63, 3.8) is 0 Å². The molecule has 0 aliphatic heterocycles. The average Bonchev–Trinajstić information content (AvgIpc) is 2.80. The van der Waals surface area contributed by atoms with E-state index in [-0.39, 0.29) is 11.8 Å². The van der Waals surface area contributed by atoms with Crippen molar-refractivity contribution in [3.05, 3.63) is 41.5 Å². The molecule has 2 aromatic heterocycles. The molecule has 0 bridgehead atoms. The molecule has 0 aliphatic carbocycles. The van der Waals surface area contributed by atoms with Crippen molar-refractivity contribution < 1.29 is 4.39 Å². The molecule has 0 unspecified atom stereocenters. The van der Waals surface area contributed by atoms with Crippen LogP contribution in [-0.2, 0) is 0 Å². The number of aromatic nitrogens is 2. The lowest BCUT2D eigenvalue weighted by Gasteiger charge is -2.08. The van der Waals surface area contributed by atoms with E-state index in [0.29, 0.717) is 11.5 Å². The van der Waals surface area contributed by atoms with Gasteiger partial charge in [-0.3, -0.25) is 0 Å². The summed E-state index contributed by atoms with van der Waals surface area (Å²) < 4.78 is 13.6. The number of anilines is 3. The number of nitrogen functional groups attached to an aromatic ring is 1. The zero-order valence-corrected chi connectivity index (χ0v) is 10.0. The van der Waals surface area contributed by atoms with Crippen molar-refractivity contribution in [2.45, 2.75) is 0 Å². The maximum absolute atomic E-state index is 13.6. The van der Waals surface area contributed by atoms with Gasteiger partial charge < -0.3 is 11.1 Å². The summed E-state index contributed by atoms with van der Waals surface area (Å²) >= 11 is 1.47. The summed E-state index contributed by atoms with van der Waals surface area (Å²) in [5, 5.41) is 5.67. The molecule has 3 N–H and O–H groups in total. The lowest BCUT2D eigenvalue weighted by molar-refractivity contribution is 0.632. The molecule has 0 spiro atoms. The Morgan fingerprint density at radius 3 is 2.83 bits per heavy atom. The van der Waals surface area contributed by atoms with Crippen molar-refractivity contribution in [1.82, 2.24) is 9.97 Å². The third kappa shape index (κ3) is 1.86. The van der Waals surface area contributed by atoms with Crippen LogP contribution in [0.2, 0.25) is 0 Å². The van der Waals surface area contributed by atoms with Crippen LogP contribution in [0.15, 0.2) is 35.7 Å². The average molecular weight is 260 g/mol. The number of hydrogen-bond donors (Lipinski definition) is 2. The van der Waals surface area contributed by atoms with Crippen LogP contribution in [0, 0.1) is 5.82 Å². The molecule has 3 aromatic rings. The van der Waals surface area contributed by atoms with E-state index in [1.54, 1.807) is 18.2 Å². The first-order chi connectivity index (χ1) is 8.74. The molecule has 2 heterocycles. The maximum Gasteiger partial charge on any atom is 0.223 e. The number of benzene rings is 1. The molecule has 0 saturated heterocycles. The van der Waals surface area contributed by atoms with Gasteiger partial charge in [-0.2, -0.15) is 4.98 Å². The Hall–Kier alpha value is -2.21. The van der Waals surface area contributed by atoms with E-state index >= 15 is 0 Å². The molecule has 0 radical (unpaired) electrons. The first-order valence-electron chi connectivity index (χ1n) is 5.26. The highest BCUT2D eigenvalue weighted by Crippen LogP contribution is 2.28. The molecular weight excluding hydrogens is 251 g/mol. The first kappa shape index (κ1) is 10.9. The molecule has 0 fully saturated rings. The largest absolute Gasteiger partial charge is 0.368 e. The highest BCUT2D eigenvalue weighted by atomic mass is 32.1. The Kier molecular flexibility index (Phi) is 2.56. The van der Waals surface area contributed by atoms with Crippen molar-refractivity contribution in [3.8, 4) is 0 Å². The van der Waals surface area contributed by atoms with Crippen molar-refractivity contribution in [2.75, 3.05) is 11.1 Å². The second kappa shape index (κ2) is 4.23. The first-order valence-corrected chi connectivity index (χ1v) is 6.14. The minimum Gasteiger partial charge on any atom is -0.368 e. The van der Waals surface area contributed by atoms with Crippen molar-refractivity contribution in [2.24, 2.45) is 0 Å². The quantitative estimate of drug-likeness (QED) is 0.743. The number of thiophene rings is 1. The van der Waals surface area contributed by atoms with E-state index in [0.717, 1.165) is 10.2 Å². The fourth-order valence-corrected chi connectivity index (χ4v) is 2.43. The topological polar surface area (TPSA) is 63.8 Å². The highest BCUT2D eigenvalue weighted by molar-refractivity contribution is 7.16. The number of halogens is 1. The van der Waals surface area contributed by atoms with Crippen LogP contribution in [0.3, 0.4) is 0 Å². The summed E-state index contributed by atoms with van der Waals surface area (Å²) in [6, 6.07) is 8.29. The summed E-state index contributed by atoms with van der Waals surface area (Å²) in [5.74, 6) is 0.353. The Labute approximate surface area is 106 Å². The summed E-state index contributed by atoms with van der Waals surface area (Å²) in [6.45, 7) is 0. The molecule has 0 aliphatic rings. The fraction of sp³-hybridized carbons (Fsp3) is 0. The van der Waals surface area contributed by atoms with E-state index in [1.165, 1.54) is 17.4 Å². The van der Waals surface area contributed by atoms with E-state index in [4.69, 9.17) is 5.73 Å². The molecule has 6 heteroatoms. The van der Waals surface area contributed by atoms with Gasteiger partial charge in [-0.1, -0.05) is 12.1 Å². The zero-order valence-electron chi connectivity index (χ0n) is 9.22.